The fraction of sp³-hybridized carbons (Fsp3) is 0.462. The zero-order valence-electron chi connectivity index (χ0n) is 24.1. The van der Waals surface area contributed by atoms with E-state index in [0.717, 1.165) is 0 Å². The zero-order valence-corrected chi connectivity index (χ0v) is 24.1. The molecule has 242 valence electrons. The van der Waals surface area contributed by atoms with E-state index >= 15 is 0 Å². The molecule has 0 aliphatic rings. The fourth-order valence-corrected chi connectivity index (χ4v) is 3.58. The van der Waals surface area contributed by atoms with E-state index in [0.29, 0.717) is 5.56 Å². The van der Waals surface area contributed by atoms with Crippen LogP contribution in [0.2, 0.25) is 0 Å². The van der Waals surface area contributed by atoms with Gasteiger partial charge in [0.15, 0.2) is 0 Å². The van der Waals surface area contributed by atoms with Gasteiger partial charge in [-0.05, 0) is 19.4 Å². The highest BCUT2D eigenvalue weighted by Crippen LogP contribution is 2.06. The van der Waals surface area contributed by atoms with Crippen LogP contribution in [0.15, 0.2) is 30.3 Å². The molecule has 13 N–H and O–H groups in total. The highest BCUT2D eigenvalue weighted by Gasteiger charge is 2.31. The van der Waals surface area contributed by atoms with Crippen LogP contribution in [0.1, 0.15) is 32.3 Å². The third-order valence-electron chi connectivity index (χ3n) is 6.01. The van der Waals surface area contributed by atoms with Gasteiger partial charge in [-0.1, -0.05) is 30.3 Å². The number of carbonyl (C=O) groups is 8. The maximum Gasteiger partial charge on any atom is 0.326 e. The maximum absolute atomic E-state index is 13.0. The van der Waals surface area contributed by atoms with Gasteiger partial charge in [0.2, 0.25) is 41.4 Å². The molecule has 0 heterocycles. The van der Waals surface area contributed by atoms with Crippen LogP contribution in [0.3, 0.4) is 0 Å². The molecule has 0 aliphatic carbocycles. The minimum atomic E-state index is -1.65. The van der Waals surface area contributed by atoms with Crippen molar-refractivity contribution in [2.75, 3.05) is 6.61 Å². The molecule has 0 spiro atoms. The zero-order chi connectivity index (χ0) is 33.6. The molecule has 1 rings (SSSR count). The molecule has 0 fully saturated rings. The number of aliphatic carboxylic acids is 1. The van der Waals surface area contributed by atoms with Gasteiger partial charge in [0.25, 0.3) is 0 Å². The van der Waals surface area contributed by atoms with E-state index in [2.05, 4.69) is 26.6 Å². The number of carboxylic acid groups (broad SMARTS) is 1. The van der Waals surface area contributed by atoms with Crippen LogP contribution in [0.5, 0.6) is 0 Å². The summed E-state index contributed by atoms with van der Waals surface area (Å²) >= 11 is 0. The summed E-state index contributed by atoms with van der Waals surface area (Å²) < 4.78 is 0. The molecular formula is C26H38N8O10. The second-order valence-electron chi connectivity index (χ2n) is 9.80. The van der Waals surface area contributed by atoms with Crippen molar-refractivity contribution in [3.8, 4) is 0 Å². The smallest absolute Gasteiger partial charge is 0.326 e. The number of hydrogen-bond acceptors (Lipinski definition) is 10. The summed E-state index contributed by atoms with van der Waals surface area (Å²) in [6, 6.07) is -0.0792. The molecule has 1 aromatic rings. The summed E-state index contributed by atoms with van der Waals surface area (Å²) in [6.45, 7) is 1.78. The minimum absolute atomic E-state index is 0.0820. The standard InChI is InChI=1S/C26H38N8O10/c1-12(31-24(41)17(9-19(28)36)33-23(40)15(27)11-35)21(38)30-13(2)22(39)32-16(8-14-6-4-3-5-7-14)25(42)34-18(26(43)44)10-20(29)37/h3-7,12-13,15-18,35H,8-11,27H2,1-2H3,(H2,28,36)(H2,29,37)(H,30,38)(H,31,41)(H,32,39)(H,33,40)(H,34,42)(H,43,44)/t12-,13-,15-,16-,17-,18-/m0/s1. The fourth-order valence-electron chi connectivity index (χ4n) is 3.58. The predicted octanol–water partition coefficient (Wildman–Crippen LogP) is -5.15. The molecule has 7 amide bonds. The Hall–Kier alpha value is -5.10. The van der Waals surface area contributed by atoms with E-state index in [-0.39, 0.29) is 6.42 Å². The first kappa shape index (κ1) is 36.9. The summed E-state index contributed by atoms with van der Waals surface area (Å²) in [6.07, 6.45) is -1.42. The Kier molecular flexibility index (Phi) is 14.9. The molecule has 0 unspecified atom stereocenters. The van der Waals surface area contributed by atoms with Crippen molar-refractivity contribution in [3.05, 3.63) is 35.9 Å². The quantitative estimate of drug-likeness (QED) is 0.0738. The van der Waals surface area contributed by atoms with Gasteiger partial charge in [-0.25, -0.2) is 4.79 Å². The third kappa shape index (κ3) is 12.8. The molecule has 0 aromatic heterocycles. The molecule has 6 atom stereocenters. The molecule has 0 radical (unpaired) electrons. The first-order valence-corrected chi connectivity index (χ1v) is 13.3. The molecule has 0 saturated heterocycles. The van der Waals surface area contributed by atoms with Gasteiger partial charge >= 0.3 is 5.97 Å². The van der Waals surface area contributed by atoms with Crippen LogP contribution in [-0.2, 0) is 44.8 Å². The van der Waals surface area contributed by atoms with E-state index in [9.17, 15) is 43.5 Å². The SMILES string of the molecule is C[C@H](NC(=O)[C@H](C)NC(=O)[C@H](CC(N)=O)NC(=O)[C@@H](N)CO)C(=O)N[C@@H](Cc1ccccc1)C(=O)N[C@@H](CC(N)=O)C(=O)O. The Morgan fingerprint density at radius 3 is 1.59 bits per heavy atom. The molecule has 18 heteroatoms. The van der Waals surface area contributed by atoms with E-state index < -0.39 is 103 Å². The summed E-state index contributed by atoms with van der Waals surface area (Å²) in [5.41, 5.74) is 16.2. The number of primary amides is 2. The molecule has 0 bridgehead atoms. The Morgan fingerprint density at radius 1 is 0.659 bits per heavy atom. The largest absolute Gasteiger partial charge is 0.480 e. The van der Waals surface area contributed by atoms with Gasteiger partial charge < -0.3 is 54.0 Å². The minimum Gasteiger partial charge on any atom is -0.480 e. The van der Waals surface area contributed by atoms with Crippen molar-refractivity contribution in [1.82, 2.24) is 26.6 Å². The predicted molar refractivity (Wildman–Crippen MR) is 151 cm³/mol. The van der Waals surface area contributed by atoms with Crippen LogP contribution in [-0.4, -0.2) is 100 Å². The lowest BCUT2D eigenvalue weighted by Crippen LogP contribution is -2.59. The average Bonchev–Trinajstić information content (AvgIpc) is 2.95. The van der Waals surface area contributed by atoms with Crippen LogP contribution in [0.4, 0.5) is 0 Å². The summed E-state index contributed by atoms with van der Waals surface area (Å²) in [4.78, 5) is 97.4. The summed E-state index contributed by atoms with van der Waals surface area (Å²) in [5.74, 6) is -8.04. The van der Waals surface area contributed by atoms with Gasteiger partial charge in [-0.15, -0.1) is 0 Å². The Morgan fingerprint density at radius 2 is 1.09 bits per heavy atom. The molecular weight excluding hydrogens is 584 g/mol. The number of hydrogen-bond donors (Lipinski definition) is 10. The normalized spacial score (nSPS) is 14.7. The van der Waals surface area contributed by atoms with Crippen molar-refractivity contribution in [2.24, 2.45) is 17.2 Å². The lowest BCUT2D eigenvalue weighted by Gasteiger charge is -2.24. The highest BCUT2D eigenvalue weighted by molar-refractivity contribution is 5.97. The Balaban J connectivity index is 2.95. The van der Waals surface area contributed by atoms with Gasteiger partial charge in [0.1, 0.15) is 36.3 Å². The number of carboxylic acids is 1. The first-order valence-electron chi connectivity index (χ1n) is 13.3. The second kappa shape index (κ2) is 17.8. The number of rotatable bonds is 18. The number of benzene rings is 1. The number of nitrogens with two attached hydrogens (primary N) is 3. The van der Waals surface area contributed by atoms with E-state index in [1.54, 1.807) is 30.3 Å². The third-order valence-corrected chi connectivity index (χ3v) is 6.01. The summed E-state index contributed by atoms with van der Waals surface area (Å²) in [5, 5.41) is 29.7. The Bertz CT molecular complexity index is 1230. The molecule has 1 aromatic carbocycles. The van der Waals surface area contributed by atoms with Crippen LogP contribution >= 0.6 is 0 Å². The van der Waals surface area contributed by atoms with Crippen molar-refractivity contribution < 1.29 is 48.6 Å². The maximum atomic E-state index is 13.0. The van der Waals surface area contributed by atoms with Gasteiger partial charge in [0, 0.05) is 6.42 Å². The second-order valence-corrected chi connectivity index (χ2v) is 9.80. The van der Waals surface area contributed by atoms with Gasteiger partial charge in [-0.2, -0.15) is 0 Å². The monoisotopic (exact) mass is 622 g/mol. The number of aliphatic hydroxyl groups excluding tert-OH is 1. The number of aliphatic hydroxyl groups is 1. The van der Waals surface area contributed by atoms with Crippen molar-refractivity contribution >= 4 is 47.3 Å². The molecule has 0 aliphatic heterocycles. The van der Waals surface area contributed by atoms with Crippen LogP contribution in [0.25, 0.3) is 0 Å². The van der Waals surface area contributed by atoms with Crippen LogP contribution in [0, 0.1) is 0 Å². The van der Waals surface area contributed by atoms with Crippen molar-refractivity contribution in [2.45, 2.75) is 69.4 Å². The lowest BCUT2D eigenvalue weighted by molar-refractivity contribution is -0.143. The highest BCUT2D eigenvalue weighted by atomic mass is 16.4. The van der Waals surface area contributed by atoms with E-state index in [1.165, 1.54) is 13.8 Å². The number of carbonyl (C=O) groups excluding carboxylic acids is 7. The first-order chi connectivity index (χ1) is 20.5. The average molecular weight is 623 g/mol. The van der Waals surface area contributed by atoms with Crippen molar-refractivity contribution in [3.63, 3.8) is 0 Å². The topological polar surface area (TPSA) is 315 Å². The molecule has 18 nitrogen and oxygen atoms in total. The summed E-state index contributed by atoms with van der Waals surface area (Å²) in [7, 11) is 0. The van der Waals surface area contributed by atoms with Crippen molar-refractivity contribution in [1.29, 1.82) is 0 Å². The lowest BCUT2D eigenvalue weighted by atomic mass is 10.0. The Labute approximate surface area is 251 Å². The number of amides is 7. The molecule has 44 heavy (non-hydrogen) atoms. The molecule has 0 saturated carbocycles. The van der Waals surface area contributed by atoms with E-state index in [1.807, 2.05) is 0 Å². The van der Waals surface area contributed by atoms with Crippen LogP contribution < -0.4 is 43.8 Å². The number of nitrogens with one attached hydrogen (secondary N) is 5. The van der Waals surface area contributed by atoms with E-state index in [4.69, 9.17) is 22.3 Å². The van der Waals surface area contributed by atoms with Gasteiger partial charge in [-0.3, -0.25) is 33.6 Å². The van der Waals surface area contributed by atoms with Gasteiger partial charge in [0.05, 0.1) is 19.4 Å².